The van der Waals surface area contributed by atoms with E-state index >= 15 is 0 Å². The van der Waals surface area contributed by atoms with Gasteiger partial charge in [-0.1, -0.05) is 13.8 Å². The molecule has 0 aromatic carbocycles. The number of ether oxygens (including phenoxy) is 1. The molecule has 2 heterocycles. The molecule has 1 aromatic rings. The van der Waals surface area contributed by atoms with Crippen molar-refractivity contribution in [3.8, 4) is 0 Å². The molecule has 0 atom stereocenters. The molecule has 0 spiro atoms. The molecule has 27 heavy (non-hydrogen) atoms. The van der Waals surface area contributed by atoms with E-state index in [4.69, 9.17) is 10.5 Å². The first-order chi connectivity index (χ1) is 12.5. The standard InChI is InChI=1S/C18H32N6O2.HI/c1-5-15-14(16(6-2)23(4)22-15)12-20-17(19)21-13-8-10-24(11-9-13)18(25)26-7-3;/h13H,5-12H2,1-4H3,(H3,19,20,21);1H. The van der Waals surface area contributed by atoms with Crippen LogP contribution in [0, 0.1) is 0 Å². The van der Waals surface area contributed by atoms with Gasteiger partial charge in [0.2, 0.25) is 0 Å². The van der Waals surface area contributed by atoms with Crippen molar-refractivity contribution in [3.63, 3.8) is 0 Å². The number of carbonyl (C=O) groups is 1. The molecule has 1 aliphatic heterocycles. The Kier molecular flexibility index (Phi) is 9.89. The molecule has 0 bridgehead atoms. The quantitative estimate of drug-likeness (QED) is 0.361. The third-order valence-corrected chi connectivity index (χ3v) is 4.81. The van der Waals surface area contributed by atoms with E-state index in [0.717, 1.165) is 31.4 Å². The zero-order chi connectivity index (χ0) is 19.1. The van der Waals surface area contributed by atoms with E-state index in [-0.39, 0.29) is 36.1 Å². The molecule has 0 aliphatic carbocycles. The highest BCUT2D eigenvalue weighted by molar-refractivity contribution is 14.0. The Hall–Kier alpha value is -1.52. The van der Waals surface area contributed by atoms with E-state index < -0.39 is 0 Å². The molecule has 9 heteroatoms. The van der Waals surface area contributed by atoms with Crippen LogP contribution in [-0.2, 0) is 31.2 Å². The first-order valence-corrected chi connectivity index (χ1v) is 9.51. The Balaban J connectivity index is 0.00000364. The van der Waals surface area contributed by atoms with Gasteiger partial charge in [-0.15, -0.1) is 24.0 Å². The largest absolute Gasteiger partial charge is 0.450 e. The summed E-state index contributed by atoms with van der Waals surface area (Å²) in [5, 5.41) is 7.85. The van der Waals surface area contributed by atoms with Crippen LogP contribution < -0.4 is 11.1 Å². The molecule has 8 nitrogen and oxygen atoms in total. The number of hydrogen-bond donors (Lipinski definition) is 2. The van der Waals surface area contributed by atoms with Gasteiger partial charge in [0.15, 0.2) is 5.96 Å². The minimum Gasteiger partial charge on any atom is -0.450 e. The molecule has 1 aliphatic rings. The maximum Gasteiger partial charge on any atom is 0.409 e. The molecule has 1 fully saturated rings. The van der Waals surface area contributed by atoms with Crippen molar-refractivity contribution in [1.82, 2.24) is 20.0 Å². The second-order valence-electron chi connectivity index (χ2n) is 6.51. The van der Waals surface area contributed by atoms with Crippen molar-refractivity contribution in [2.45, 2.75) is 59.0 Å². The smallest absolute Gasteiger partial charge is 0.409 e. The van der Waals surface area contributed by atoms with Gasteiger partial charge >= 0.3 is 6.09 Å². The number of halogens is 1. The number of aryl methyl sites for hydroxylation is 2. The number of hydrogen-bond acceptors (Lipinski definition) is 4. The first-order valence-electron chi connectivity index (χ1n) is 9.51. The van der Waals surface area contributed by atoms with Crippen LogP contribution in [0.5, 0.6) is 0 Å². The molecular weight excluding hydrogens is 459 g/mol. The number of aromatic nitrogens is 2. The van der Waals surface area contributed by atoms with Gasteiger partial charge in [-0.2, -0.15) is 5.10 Å². The van der Waals surface area contributed by atoms with E-state index in [1.54, 1.807) is 4.90 Å². The van der Waals surface area contributed by atoms with Gasteiger partial charge in [-0.05, 0) is 32.6 Å². The Morgan fingerprint density at radius 3 is 2.52 bits per heavy atom. The monoisotopic (exact) mass is 492 g/mol. The van der Waals surface area contributed by atoms with Crippen molar-refractivity contribution >= 4 is 36.0 Å². The molecule has 0 unspecified atom stereocenters. The first kappa shape index (κ1) is 23.5. The normalized spacial score (nSPS) is 15.4. The highest BCUT2D eigenvalue weighted by Gasteiger charge is 2.23. The van der Waals surface area contributed by atoms with Crippen LogP contribution >= 0.6 is 24.0 Å². The van der Waals surface area contributed by atoms with Gasteiger partial charge < -0.3 is 20.7 Å². The Bertz CT molecular complexity index is 638. The molecule has 1 amide bonds. The van der Waals surface area contributed by atoms with E-state index in [9.17, 15) is 4.79 Å². The number of likely N-dealkylation sites (tertiary alicyclic amines) is 1. The summed E-state index contributed by atoms with van der Waals surface area (Å²) in [6, 6.07) is 0.231. The second-order valence-corrected chi connectivity index (χ2v) is 6.51. The molecule has 0 saturated carbocycles. The molecule has 154 valence electrons. The number of piperidine rings is 1. The van der Waals surface area contributed by atoms with Crippen LogP contribution in [0.3, 0.4) is 0 Å². The zero-order valence-corrected chi connectivity index (χ0v) is 19.2. The van der Waals surface area contributed by atoms with Crippen LogP contribution in [0.2, 0.25) is 0 Å². The molecule has 1 saturated heterocycles. The number of nitrogens with zero attached hydrogens (tertiary/aromatic N) is 4. The Morgan fingerprint density at radius 1 is 1.30 bits per heavy atom. The van der Waals surface area contributed by atoms with Crippen LogP contribution in [0.15, 0.2) is 4.99 Å². The maximum atomic E-state index is 11.7. The summed E-state index contributed by atoms with van der Waals surface area (Å²) >= 11 is 0. The summed E-state index contributed by atoms with van der Waals surface area (Å²) in [7, 11) is 1.98. The van der Waals surface area contributed by atoms with Crippen molar-refractivity contribution in [3.05, 3.63) is 17.0 Å². The number of nitrogens with one attached hydrogen (secondary N) is 1. The molecule has 0 radical (unpaired) electrons. The highest BCUT2D eigenvalue weighted by atomic mass is 127. The zero-order valence-electron chi connectivity index (χ0n) is 16.8. The topological polar surface area (TPSA) is 97.8 Å². The molecular formula is C18H33IN6O2. The summed E-state index contributed by atoms with van der Waals surface area (Å²) in [5.41, 5.74) is 9.57. The number of carbonyl (C=O) groups excluding carboxylic acids is 1. The van der Waals surface area contributed by atoms with Gasteiger partial charge in [0.25, 0.3) is 0 Å². The number of amides is 1. The number of aliphatic imine (C=N–C) groups is 1. The molecule has 3 N–H and O–H groups in total. The molecule has 2 rings (SSSR count). The van der Waals surface area contributed by atoms with Crippen molar-refractivity contribution in [2.24, 2.45) is 17.8 Å². The fourth-order valence-corrected chi connectivity index (χ4v) is 3.41. The second kappa shape index (κ2) is 11.4. The van der Waals surface area contributed by atoms with Gasteiger partial charge in [-0.25, -0.2) is 9.79 Å². The van der Waals surface area contributed by atoms with Gasteiger partial charge in [0, 0.05) is 37.4 Å². The fourth-order valence-electron chi connectivity index (χ4n) is 3.41. The lowest BCUT2D eigenvalue weighted by molar-refractivity contribution is 0.0963. The molecule has 1 aromatic heterocycles. The number of guanidine groups is 1. The van der Waals surface area contributed by atoms with Crippen molar-refractivity contribution < 1.29 is 9.53 Å². The van der Waals surface area contributed by atoms with Crippen LogP contribution in [0.1, 0.15) is 50.6 Å². The van der Waals surface area contributed by atoms with Crippen LogP contribution in [0.4, 0.5) is 4.79 Å². The van der Waals surface area contributed by atoms with E-state index in [1.165, 1.54) is 11.3 Å². The average Bonchev–Trinajstić information content (AvgIpc) is 2.95. The van der Waals surface area contributed by atoms with Gasteiger partial charge in [-0.3, -0.25) is 4.68 Å². The lowest BCUT2D eigenvalue weighted by Gasteiger charge is -2.31. The fraction of sp³-hybridized carbons (Fsp3) is 0.722. The van der Waals surface area contributed by atoms with Gasteiger partial charge in [0.05, 0.1) is 18.8 Å². The predicted molar refractivity (Wildman–Crippen MR) is 117 cm³/mol. The van der Waals surface area contributed by atoms with E-state index in [1.807, 2.05) is 18.7 Å². The minimum atomic E-state index is -0.233. The van der Waals surface area contributed by atoms with E-state index in [0.29, 0.717) is 32.2 Å². The number of nitrogens with two attached hydrogens (primary N) is 1. The number of rotatable bonds is 6. The Morgan fingerprint density at radius 2 is 1.96 bits per heavy atom. The SMILES string of the molecule is CCOC(=O)N1CCC(NC(N)=NCc2c(CC)nn(C)c2CC)CC1.I. The highest BCUT2D eigenvalue weighted by Crippen LogP contribution is 2.16. The lowest BCUT2D eigenvalue weighted by Crippen LogP contribution is -2.48. The van der Waals surface area contributed by atoms with Crippen molar-refractivity contribution in [1.29, 1.82) is 0 Å². The van der Waals surface area contributed by atoms with Gasteiger partial charge in [0.1, 0.15) is 0 Å². The van der Waals surface area contributed by atoms with Crippen LogP contribution in [0.25, 0.3) is 0 Å². The summed E-state index contributed by atoms with van der Waals surface area (Å²) in [4.78, 5) is 18.0. The third kappa shape index (κ3) is 6.25. The average molecular weight is 492 g/mol. The summed E-state index contributed by atoms with van der Waals surface area (Å²) in [6.07, 6.45) is 3.25. The maximum absolute atomic E-state index is 11.7. The summed E-state index contributed by atoms with van der Waals surface area (Å²) < 4.78 is 6.98. The summed E-state index contributed by atoms with van der Waals surface area (Å²) in [6.45, 7) is 8.35. The summed E-state index contributed by atoms with van der Waals surface area (Å²) in [5.74, 6) is 0.451. The lowest BCUT2D eigenvalue weighted by atomic mass is 10.1. The Labute approximate surface area is 178 Å². The van der Waals surface area contributed by atoms with Crippen LogP contribution in [-0.4, -0.2) is 52.5 Å². The van der Waals surface area contributed by atoms with Crippen molar-refractivity contribution in [2.75, 3.05) is 19.7 Å². The minimum absolute atomic E-state index is 0. The predicted octanol–water partition coefficient (Wildman–Crippen LogP) is 2.19. The van der Waals surface area contributed by atoms with E-state index in [2.05, 4.69) is 29.3 Å². The third-order valence-electron chi connectivity index (χ3n) is 4.81.